The van der Waals surface area contributed by atoms with Crippen LogP contribution in [0.5, 0.6) is 0 Å². The third kappa shape index (κ3) is 9.17. The Morgan fingerprint density at radius 2 is 1.75 bits per heavy atom. The maximum Gasteiger partial charge on any atom is 0.264 e. The van der Waals surface area contributed by atoms with Gasteiger partial charge in [-0.2, -0.15) is 0 Å². The molecule has 0 radical (unpaired) electrons. The summed E-state index contributed by atoms with van der Waals surface area (Å²) in [5.41, 5.74) is 13.2. The Balaban J connectivity index is 1.70. The molecule has 2 amide bonds. The lowest BCUT2D eigenvalue weighted by molar-refractivity contribution is -0.124. The van der Waals surface area contributed by atoms with Gasteiger partial charge in [0.1, 0.15) is 0 Å². The fourth-order valence-corrected chi connectivity index (χ4v) is 6.91. The summed E-state index contributed by atoms with van der Waals surface area (Å²) >= 11 is 11.9. The van der Waals surface area contributed by atoms with Crippen LogP contribution in [0, 0.1) is 11.8 Å². The van der Waals surface area contributed by atoms with E-state index >= 15 is 0 Å². The molecule has 0 bridgehead atoms. The average molecular weight is 612 g/mol. The summed E-state index contributed by atoms with van der Waals surface area (Å²) < 4.78 is 28.0. The molecule has 0 aliphatic carbocycles. The number of rotatable bonds is 14. The molecule has 8 nitrogen and oxygen atoms in total. The average Bonchev–Trinajstić information content (AvgIpc) is 3.28. The first kappa shape index (κ1) is 32.3. The Morgan fingerprint density at radius 3 is 2.38 bits per heavy atom. The van der Waals surface area contributed by atoms with Gasteiger partial charge in [-0.25, -0.2) is 13.1 Å². The van der Waals surface area contributed by atoms with Crippen LogP contribution in [0.1, 0.15) is 57.9 Å². The highest BCUT2D eigenvalue weighted by Crippen LogP contribution is 2.28. The molecular weight excluding hydrogens is 571 g/mol. The van der Waals surface area contributed by atoms with Crippen LogP contribution in [0.3, 0.4) is 0 Å². The summed E-state index contributed by atoms with van der Waals surface area (Å²) in [5.74, 6) is -1.23. The van der Waals surface area contributed by atoms with Gasteiger partial charge >= 0.3 is 0 Å². The van der Waals surface area contributed by atoms with Crippen molar-refractivity contribution < 1.29 is 18.0 Å². The molecule has 1 fully saturated rings. The van der Waals surface area contributed by atoms with Crippen molar-refractivity contribution in [2.24, 2.45) is 23.3 Å². The Labute approximate surface area is 247 Å². The van der Waals surface area contributed by atoms with Crippen LogP contribution in [0.25, 0.3) is 0 Å². The number of nitrogens with two attached hydrogens (primary N) is 2. The lowest BCUT2D eigenvalue weighted by Crippen LogP contribution is -2.46. The zero-order valence-electron chi connectivity index (χ0n) is 23.1. The topological polar surface area (TPSA) is 136 Å². The summed E-state index contributed by atoms with van der Waals surface area (Å²) in [5, 5.41) is 0.317. The zero-order valence-corrected chi connectivity index (χ0v) is 25.4. The number of carbonyl (C=O) groups is 2. The van der Waals surface area contributed by atoms with E-state index in [-0.39, 0.29) is 38.8 Å². The monoisotopic (exact) mass is 610 g/mol. The van der Waals surface area contributed by atoms with E-state index in [2.05, 4.69) is 21.8 Å². The lowest BCUT2D eigenvalue weighted by Gasteiger charge is -2.32. The molecule has 0 spiro atoms. The second-order valence-corrected chi connectivity index (χ2v) is 13.6. The molecule has 11 heteroatoms. The highest BCUT2D eigenvalue weighted by atomic mass is 35.5. The fourth-order valence-electron chi connectivity index (χ4n) is 5.48. The van der Waals surface area contributed by atoms with Gasteiger partial charge in [-0.15, -0.1) is 0 Å². The quantitative estimate of drug-likeness (QED) is 0.288. The molecule has 0 saturated carbocycles. The Morgan fingerprint density at radius 1 is 1.05 bits per heavy atom. The number of likely N-dealkylation sites (tertiary alicyclic amines) is 1. The van der Waals surface area contributed by atoms with Gasteiger partial charge < -0.3 is 11.5 Å². The van der Waals surface area contributed by atoms with E-state index in [1.54, 1.807) is 0 Å². The summed E-state index contributed by atoms with van der Waals surface area (Å²) in [4.78, 5) is 27.4. The van der Waals surface area contributed by atoms with Gasteiger partial charge in [0.2, 0.25) is 11.8 Å². The van der Waals surface area contributed by atoms with E-state index in [4.69, 9.17) is 34.7 Å². The number of sulfonamides is 1. The summed E-state index contributed by atoms with van der Waals surface area (Å²) in [6.07, 6.45) is 4.62. The minimum Gasteiger partial charge on any atom is -0.368 e. The Hall–Kier alpha value is -2.17. The van der Waals surface area contributed by atoms with Crippen LogP contribution in [0.4, 0.5) is 0 Å². The molecule has 1 aliphatic rings. The van der Waals surface area contributed by atoms with E-state index in [1.165, 1.54) is 23.8 Å². The van der Waals surface area contributed by atoms with Gasteiger partial charge in [0, 0.05) is 24.5 Å². The summed E-state index contributed by atoms with van der Waals surface area (Å²) in [6.45, 7) is 4.59. The number of carbonyl (C=O) groups excluding carboxylic acids is 2. The van der Waals surface area contributed by atoms with E-state index < -0.39 is 27.9 Å². The molecule has 2 aromatic rings. The molecular formula is C29H40Cl2N4O4S. The molecule has 220 valence electrons. The third-order valence-electron chi connectivity index (χ3n) is 7.43. The minimum absolute atomic E-state index is 0.0500. The maximum atomic E-state index is 13.2. The highest BCUT2D eigenvalue weighted by molar-refractivity contribution is 7.90. The van der Waals surface area contributed by atoms with Crippen LogP contribution in [-0.4, -0.2) is 49.8 Å². The van der Waals surface area contributed by atoms with Crippen molar-refractivity contribution in [3.63, 3.8) is 0 Å². The van der Waals surface area contributed by atoms with Crippen molar-refractivity contribution in [2.45, 2.75) is 81.8 Å². The number of amides is 2. The van der Waals surface area contributed by atoms with Crippen LogP contribution >= 0.6 is 23.2 Å². The molecule has 1 saturated heterocycles. The number of aryl methyl sites for hydroxylation is 1. The highest BCUT2D eigenvalue weighted by Gasteiger charge is 2.38. The number of halogens is 2. The maximum absolute atomic E-state index is 13.2. The van der Waals surface area contributed by atoms with Crippen LogP contribution in [0.15, 0.2) is 53.4 Å². The SMILES string of the molecule is CC(C)C[C@@H](CCCC(CCc1ccccc1)N1C[C@H](N)C[C@H]1C(N)=O)C(=O)NS(=O)(=O)c1ccc(Cl)c(Cl)c1. The first-order valence-corrected chi connectivity index (χ1v) is 16.0. The van der Waals surface area contributed by atoms with Crippen molar-refractivity contribution in [3.05, 3.63) is 64.1 Å². The predicted molar refractivity (Wildman–Crippen MR) is 159 cm³/mol. The van der Waals surface area contributed by atoms with Crippen LogP contribution in [0.2, 0.25) is 10.0 Å². The van der Waals surface area contributed by atoms with E-state index in [0.29, 0.717) is 32.2 Å². The third-order valence-corrected chi connectivity index (χ3v) is 9.51. The molecule has 1 unspecified atom stereocenters. The second kappa shape index (κ2) is 14.6. The number of primary amides is 1. The molecule has 40 heavy (non-hydrogen) atoms. The number of hydrogen-bond donors (Lipinski definition) is 3. The molecule has 3 rings (SSSR count). The van der Waals surface area contributed by atoms with Gasteiger partial charge in [-0.05, 0) is 68.2 Å². The molecule has 0 aromatic heterocycles. The smallest absolute Gasteiger partial charge is 0.264 e. The first-order chi connectivity index (χ1) is 18.9. The fraction of sp³-hybridized carbons (Fsp3) is 0.517. The molecule has 1 aliphatic heterocycles. The Bertz CT molecular complexity index is 1260. The molecule has 1 heterocycles. The normalized spacial score (nSPS) is 19.4. The lowest BCUT2D eigenvalue weighted by atomic mass is 9.90. The minimum atomic E-state index is -4.11. The number of nitrogens with zero attached hydrogens (tertiary/aromatic N) is 1. The van der Waals surface area contributed by atoms with Gasteiger partial charge in [-0.1, -0.05) is 73.8 Å². The predicted octanol–water partition coefficient (Wildman–Crippen LogP) is 4.52. The van der Waals surface area contributed by atoms with Crippen molar-refractivity contribution in [3.8, 4) is 0 Å². The number of hydrogen-bond acceptors (Lipinski definition) is 6. The van der Waals surface area contributed by atoms with Crippen molar-refractivity contribution in [2.75, 3.05) is 6.54 Å². The van der Waals surface area contributed by atoms with Crippen LogP contribution in [-0.2, 0) is 26.0 Å². The van der Waals surface area contributed by atoms with Gasteiger partial charge in [0.25, 0.3) is 10.0 Å². The van der Waals surface area contributed by atoms with E-state index in [1.807, 2.05) is 32.0 Å². The second-order valence-electron chi connectivity index (χ2n) is 11.1. The number of nitrogens with one attached hydrogen (secondary N) is 1. The summed E-state index contributed by atoms with van der Waals surface area (Å²) in [6, 6.07) is 13.6. The van der Waals surface area contributed by atoms with Gasteiger partial charge in [0.05, 0.1) is 21.0 Å². The zero-order chi connectivity index (χ0) is 29.4. The van der Waals surface area contributed by atoms with E-state index in [0.717, 1.165) is 19.3 Å². The Kier molecular flexibility index (Phi) is 11.8. The summed E-state index contributed by atoms with van der Waals surface area (Å²) in [7, 11) is -4.11. The van der Waals surface area contributed by atoms with Crippen molar-refractivity contribution in [1.82, 2.24) is 9.62 Å². The van der Waals surface area contributed by atoms with E-state index in [9.17, 15) is 18.0 Å². The molecule has 4 atom stereocenters. The molecule has 5 N–H and O–H groups in total. The van der Waals surface area contributed by atoms with Crippen molar-refractivity contribution >= 4 is 45.0 Å². The standard InChI is InChI=1S/C29H40Cl2N4O4S/c1-19(2)15-21(29(37)34-40(38,39)24-13-14-25(30)26(31)17-24)9-6-10-23(12-11-20-7-4-3-5-8-20)35-18-22(32)16-27(35)28(33)36/h3-5,7-8,13-14,17,19,21-23,27H,6,9-12,15-16,18,32H2,1-2H3,(H2,33,36)(H,34,37)/t21-,22-,23?,27+/m1/s1. The first-order valence-electron chi connectivity index (χ1n) is 13.7. The van der Waals surface area contributed by atoms with Crippen molar-refractivity contribution in [1.29, 1.82) is 0 Å². The number of benzene rings is 2. The van der Waals surface area contributed by atoms with Gasteiger partial charge in [-0.3, -0.25) is 14.5 Å². The molecule has 2 aromatic carbocycles. The van der Waals surface area contributed by atoms with Gasteiger partial charge in [0.15, 0.2) is 0 Å². The van der Waals surface area contributed by atoms with Crippen LogP contribution < -0.4 is 16.2 Å². The largest absolute Gasteiger partial charge is 0.368 e.